The van der Waals surface area contributed by atoms with Gasteiger partial charge in [0.1, 0.15) is 5.76 Å². The first-order chi connectivity index (χ1) is 18.1. The van der Waals surface area contributed by atoms with Crippen LogP contribution in [0.2, 0.25) is 0 Å². The van der Waals surface area contributed by atoms with Gasteiger partial charge >= 0.3 is 12.2 Å². The number of carbonyl (C=O) groups is 1. The number of aliphatic hydroxyl groups excluding tert-OH is 1. The van der Waals surface area contributed by atoms with Crippen LogP contribution < -0.4 is 15.5 Å². The van der Waals surface area contributed by atoms with Crippen LogP contribution in [0.15, 0.2) is 95.7 Å². The molecule has 0 fully saturated rings. The number of urea groups is 1. The van der Waals surface area contributed by atoms with Gasteiger partial charge in [0.2, 0.25) is 0 Å². The van der Waals surface area contributed by atoms with E-state index >= 15 is 0 Å². The molecule has 38 heavy (non-hydrogen) atoms. The van der Waals surface area contributed by atoms with Gasteiger partial charge in [-0.15, -0.1) is 5.10 Å². The van der Waals surface area contributed by atoms with Crippen molar-refractivity contribution in [2.75, 3.05) is 15.5 Å². The zero-order valence-electron chi connectivity index (χ0n) is 19.9. The highest BCUT2D eigenvalue weighted by Gasteiger charge is 2.31. The zero-order valence-corrected chi connectivity index (χ0v) is 19.9. The van der Waals surface area contributed by atoms with E-state index in [4.69, 9.17) is 5.41 Å². The third kappa shape index (κ3) is 5.46. The molecule has 0 unspecified atom stereocenters. The second kappa shape index (κ2) is 10.4. The summed E-state index contributed by atoms with van der Waals surface area (Å²) in [5.74, 6) is -0.296. The number of rotatable bonds is 5. The summed E-state index contributed by atoms with van der Waals surface area (Å²) in [6, 6.07) is 8.58. The number of halogens is 3. The van der Waals surface area contributed by atoms with Gasteiger partial charge in [0.05, 0.1) is 40.6 Å². The number of hydrogen-bond acceptors (Lipinski definition) is 6. The third-order valence-corrected chi connectivity index (χ3v) is 5.36. The van der Waals surface area contributed by atoms with E-state index in [0.29, 0.717) is 17.1 Å². The SMILES string of the molecule is C=C1C(C(=N)N=CC)=C(O)C=CN1c1ccc(NC(=O)Nc2cc(C(F)(F)F)ccc2-n2ccnn2)cc1. The van der Waals surface area contributed by atoms with E-state index in [9.17, 15) is 23.1 Å². The molecule has 4 N–H and O–H groups in total. The van der Waals surface area contributed by atoms with E-state index in [1.54, 1.807) is 42.3 Å². The lowest BCUT2D eigenvalue weighted by molar-refractivity contribution is -0.137. The molecule has 4 rings (SSSR count). The summed E-state index contributed by atoms with van der Waals surface area (Å²) in [5.41, 5.74) is 0.594. The minimum Gasteiger partial charge on any atom is -0.507 e. The predicted molar refractivity (Wildman–Crippen MR) is 138 cm³/mol. The van der Waals surface area contributed by atoms with Crippen molar-refractivity contribution in [1.29, 1.82) is 5.41 Å². The number of nitrogens with zero attached hydrogens (tertiary/aromatic N) is 5. The number of anilines is 3. The summed E-state index contributed by atoms with van der Waals surface area (Å²) in [4.78, 5) is 18.2. The smallest absolute Gasteiger partial charge is 0.416 e. The molecule has 0 aliphatic carbocycles. The third-order valence-electron chi connectivity index (χ3n) is 5.36. The monoisotopic (exact) mass is 522 g/mol. The Bertz CT molecular complexity index is 1470. The second-order valence-corrected chi connectivity index (χ2v) is 7.83. The fourth-order valence-corrected chi connectivity index (χ4v) is 3.62. The predicted octanol–water partition coefficient (Wildman–Crippen LogP) is 5.66. The van der Waals surface area contributed by atoms with E-state index in [2.05, 4.69) is 32.5 Å². The number of amidine groups is 1. The molecular formula is C25H21F3N8O2. The van der Waals surface area contributed by atoms with Crippen LogP contribution in [0.5, 0.6) is 0 Å². The van der Waals surface area contributed by atoms with Crippen molar-refractivity contribution in [2.24, 2.45) is 4.99 Å². The van der Waals surface area contributed by atoms with Crippen molar-refractivity contribution >= 4 is 35.1 Å². The lowest BCUT2D eigenvalue weighted by atomic mass is 10.1. The quantitative estimate of drug-likeness (QED) is 0.254. The molecule has 0 spiro atoms. The molecule has 0 radical (unpaired) electrons. The number of aromatic nitrogens is 3. The first-order valence-corrected chi connectivity index (χ1v) is 11.0. The molecule has 1 aliphatic heterocycles. The largest absolute Gasteiger partial charge is 0.507 e. The number of carbonyl (C=O) groups excluding carboxylic acids is 1. The van der Waals surface area contributed by atoms with Gasteiger partial charge in [-0.3, -0.25) is 5.41 Å². The first kappa shape index (κ1) is 25.9. The minimum atomic E-state index is -4.61. The number of benzene rings is 2. The lowest BCUT2D eigenvalue weighted by Crippen LogP contribution is -2.23. The van der Waals surface area contributed by atoms with Gasteiger partial charge in [0, 0.05) is 23.8 Å². The number of amides is 2. The van der Waals surface area contributed by atoms with Gasteiger partial charge in [-0.1, -0.05) is 11.8 Å². The molecule has 3 aromatic rings. The molecule has 10 nitrogen and oxygen atoms in total. The summed E-state index contributed by atoms with van der Waals surface area (Å²) in [6.07, 6.45) is 2.59. The fourth-order valence-electron chi connectivity index (χ4n) is 3.62. The Hall–Kier alpha value is -5.20. The maximum Gasteiger partial charge on any atom is 0.416 e. The molecule has 2 aromatic carbocycles. The Kier molecular flexibility index (Phi) is 7.10. The molecule has 0 bridgehead atoms. The number of alkyl halides is 3. The van der Waals surface area contributed by atoms with E-state index in [1.807, 2.05) is 0 Å². The molecule has 2 heterocycles. The summed E-state index contributed by atoms with van der Waals surface area (Å²) in [5, 5.41) is 30.7. The van der Waals surface area contributed by atoms with E-state index in [-0.39, 0.29) is 28.5 Å². The summed E-state index contributed by atoms with van der Waals surface area (Å²) >= 11 is 0. The number of allylic oxidation sites excluding steroid dienone is 1. The fraction of sp³-hybridized carbons (Fsp3) is 0.0800. The van der Waals surface area contributed by atoms with Crippen molar-refractivity contribution in [1.82, 2.24) is 15.0 Å². The van der Waals surface area contributed by atoms with Crippen LogP contribution in [0.1, 0.15) is 12.5 Å². The van der Waals surface area contributed by atoms with Crippen LogP contribution >= 0.6 is 0 Å². The topological polar surface area (TPSA) is 132 Å². The molecule has 1 aliphatic rings. The molecule has 13 heteroatoms. The van der Waals surface area contributed by atoms with E-state index in [1.165, 1.54) is 35.4 Å². The second-order valence-electron chi connectivity index (χ2n) is 7.83. The molecular weight excluding hydrogens is 501 g/mol. The summed E-state index contributed by atoms with van der Waals surface area (Å²) in [7, 11) is 0. The van der Waals surface area contributed by atoms with Crippen molar-refractivity contribution in [3.05, 3.63) is 96.3 Å². The first-order valence-electron chi connectivity index (χ1n) is 11.0. The van der Waals surface area contributed by atoms with Crippen LogP contribution in [0.25, 0.3) is 5.69 Å². The molecule has 0 saturated heterocycles. The Morgan fingerprint density at radius 3 is 2.55 bits per heavy atom. The van der Waals surface area contributed by atoms with E-state index < -0.39 is 17.8 Å². The average Bonchev–Trinajstić information content (AvgIpc) is 3.39. The van der Waals surface area contributed by atoms with Gasteiger partial charge in [0.15, 0.2) is 5.84 Å². The van der Waals surface area contributed by atoms with Crippen LogP contribution in [-0.2, 0) is 6.18 Å². The van der Waals surface area contributed by atoms with E-state index in [0.717, 1.165) is 12.1 Å². The van der Waals surface area contributed by atoms with Gasteiger partial charge < -0.3 is 20.6 Å². The highest BCUT2D eigenvalue weighted by molar-refractivity contribution is 6.05. The number of aliphatic imine (C=N–C) groups is 1. The Morgan fingerprint density at radius 2 is 1.92 bits per heavy atom. The van der Waals surface area contributed by atoms with Crippen LogP contribution in [0, 0.1) is 5.41 Å². The van der Waals surface area contributed by atoms with Gasteiger partial charge in [-0.2, -0.15) is 13.2 Å². The summed E-state index contributed by atoms with van der Waals surface area (Å²) < 4.78 is 41.0. The van der Waals surface area contributed by atoms with Gasteiger partial charge in [-0.25, -0.2) is 14.5 Å². The Labute approximate surface area is 214 Å². The number of hydrogen-bond donors (Lipinski definition) is 4. The van der Waals surface area contributed by atoms with Gasteiger partial charge in [-0.05, 0) is 55.5 Å². The average molecular weight is 522 g/mol. The standard InChI is InChI=1S/C25H21F3N8O2/c1-3-30-23(29)22-15(2)35(12-10-21(22)37)18-7-5-17(6-8-18)32-24(38)33-19-14-16(25(26,27)28)4-9-20(19)36-13-11-31-34-36/h3-14,29,37H,2H2,1H3,(H2,32,33,38). The van der Waals surface area contributed by atoms with Gasteiger partial charge in [0.25, 0.3) is 0 Å². The van der Waals surface area contributed by atoms with Crippen molar-refractivity contribution in [2.45, 2.75) is 13.1 Å². The number of aliphatic hydroxyl groups is 1. The van der Waals surface area contributed by atoms with Crippen LogP contribution in [-0.4, -0.2) is 38.2 Å². The highest BCUT2D eigenvalue weighted by atomic mass is 19.4. The maximum atomic E-state index is 13.3. The molecule has 194 valence electrons. The Morgan fingerprint density at radius 1 is 1.18 bits per heavy atom. The molecule has 0 saturated carbocycles. The Balaban J connectivity index is 1.50. The molecule has 2 amide bonds. The minimum absolute atomic E-state index is 0.120. The summed E-state index contributed by atoms with van der Waals surface area (Å²) in [6.45, 7) is 5.60. The number of nitrogens with one attached hydrogen (secondary N) is 3. The maximum absolute atomic E-state index is 13.3. The van der Waals surface area contributed by atoms with Crippen molar-refractivity contribution in [3.63, 3.8) is 0 Å². The van der Waals surface area contributed by atoms with Crippen LogP contribution in [0.4, 0.5) is 35.0 Å². The normalized spacial score (nSPS) is 13.8. The lowest BCUT2D eigenvalue weighted by Gasteiger charge is -2.27. The zero-order chi connectivity index (χ0) is 27.4. The molecule has 1 aromatic heterocycles. The molecule has 0 atom stereocenters. The highest BCUT2D eigenvalue weighted by Crippen LogP contribution is 2.34. The van der Waals surface area contributed by atoms with Crippen molar-refractivity contribution in [3.8, 4) is 5.69 Å². The van der Waals surface area contributed by atoms with Crippen molar-refractivity contribution < 1.29 is 23.1 Å². The van der Waals surface area contributed by atoms with Crippen LogP contribution in [0.3, 0.4) is 0 Å².